The highest BCUT2D eigenvalue weighted by atomic mass is 16.5. The van der Waals surface area contributed by atoms with Crippen molar-refractivity contribution in [3.05, 3.63) is 70.5 Å². The van der Waals surface area contributed by atoms with E-state index in [1.165, 1.54) is 0 Å². The van der Waals surface area contributed by atoms with Gasteiger partial charge in [0.25, 0.3) is 5.91 Å². The maximum atomic E-state index is 13.2. The molecule has 1 atom stereocenters. The van der Waals surface area contributed by atoms with Crippen LogP contribution in [0.3, 0.4) is 0 Å². The molecule has 1 aliphatic rings. The Kier molecular flexibility index (Phi) is 4.11. The standard InChI is InChI=1S/C21H21N3O3/c1-12-5-7-14(8-6-12)24-20(18-13(2)22-23-19(18)21(24)25)16-10-9-15(26-3)11-17(16)27-4/h5-11,20H,1-4H3,(H,22,23)/t20-/m1/s1. The van der Waals surface area contributed by atoms with Crippen molar-refractivity contribution >= 4 is 11.6 Å². The smallest absolute Gasteiger partial charge is 0.280 e. The molecule has 0 saturated carbocycles. The van der Waals surface area contributed by atoms with E-state index < -0.39 is 0 Å². The van der Waals surface area contributed by atoms with Crippen LogP contribution < -0.4 is 14.4 Å². The van der Waals surface area contributed by atoms with E-state index in [4.69, 9.17) is 9.47 Å². The Morgan fingerprint density at radius 3 is 2.44 bits per heavy atom. The van der Waals surface area contributed by atoms with Crippen molar-refractivity contribution in [3.63, 3.8) is 0 Å². The summed E-state index contributed by atoms with van der Waals surface area (Å²) in [6.07, 6.45) is 0. The van der Waals surface area contributed by atoms with Crippen molar-refractivity contribution in [2.24, 2.45) is 0 Å². The number of carbonyl (C=O) groups excluding carboxylic acids is 1. The lowest BCUT2D eigenvalue weighted by molar-refractivity contribution is 0.0988. The van der Waals surface area contributed by atoms with E-state index in [9.17, 15) is 4.79 Å². The van der Waals surface area contributed by atoms with Crippen molar-refractivity contribution < 1.29 is 14.3 Å². The van der Waals surface area contributed by atoms with E-state index in [1.54, 1.807) is 19.1 Å². The highest BCUT2D eigenvalue weighted by molar-refractivity contribution is 6.10. The highest BCUT2D eigenvalue weighted by Gasteiger charge is 2.43. The van der Waals surface area contributed by atoms with Gasteiger partial charge in [-0.1, -0.05) is 17.7 Å². The zero-order valence-corrected chi connectivity index (χ0v) is 15.7. The molecule has 2 aromatic carbocycles. The predicted molar refractivity (Wildman–Crippen MR) is 103 cm³/mol. The molecule has 6 nitrogen and oxygen atoms in total. The van der Waals surface area contributed by atoms with Crippen LogP contribution in [0, 0.1) is 13.8 Å². The van der Waals surface area contributed by atoms with Gasteiger partial charge in [-0.3, -0.25) is 14.8 Å². The molecule has 6 heteroatoms. The molecule has 2 heterocycles. The molecule has 1 aliphatic heterocycles. The number of aryl methyl sites for hydroxylation is 2. The fourth-order valence-corrected chi connectivity index (χ4v) is 3.61. The van der Waals surface area contributed by atoms with Crippen molar-refractivity contribution in [2.45, 2.75) is 19.9 Å². The van der Waals surface area contributed by atoms with Gasteiger partial charge in [0.15, 0.2) is 5.69 Å². The lowest BCUT2D eigenvalue weighted by atomic mass is 9.97. The monoisotopic (exact) mass is 363 g/mol. The summed E-state index contributed by atoms with van der Waals surface area (Å²) in [5, 5.41) is 7.20. The molecule has 4 rings (SSSR count). The molecule has 0 radical (unpaired) electrons. The zero-order valence-electron chi connectivity index (χ0n) is 15.7. The molecular formula is C21H21N3O3. The number of rotatable bonds is 4. The number of fused-ring (bicyclic) bond motifs is 1. The first-order valence-corrected chi connectivity index (χ1v) is 8.72. The fourth-order valence-electron chi connectivity index (χ4n) is 3.61. The normalized spacial score (nSPS) is 15.8. The van der Waals surface area contributed by atoms with Gasteiger partial charge in [-0.15, -0.1) is 0 Å². The van der Waals surface area contributed by atoms with E-state index in [0.717, 1.165) is 28.1 Å². The summed E-state index contributed by atoms with van der Waals surface area (Å²) in [5.74, 6) is 1.24. The van der Waals surface area contributed by atoms with E-state index in [0.29, 0.717) is 17.2 Å². The molecule has 1 aromatic heterocycles. The lowest BCUT2D eigenvalue weighted by Gasteiger charge is -2.27. The van der Waals surface area contributed by atoms with Crippen LogP contribution in [0.2, 0.25) is 0 Å². The number of amides is 1. The summed E-state index contributed by atoms with van der Waals surface area (Å²) >= 11 is 0. The lowest BCUT2D eigenvalue weighted by Crippen LogP contribution is -2.29. The summed E-state index contributed by atoms with van der Waals surface area (Å²) in [4.78, 5) is 15.0. The molecule has 3 aromatic rings. The summed E-state index contributed by atoms with van der Waals surface area (Å²) in [7, 11) is 3.23. The van der Waals surface area contributed by atoms with Gasteiger partial charge < -0.3 is 9.47 Å². The van der Waals surface area contributed by atoms with Crippen LogP contribution in [0.25, 0.3) is 0 Å². The van der Waals surface area contributed by atoms with Crippen LogP contribution in [0.15, 0.2) is 42.5 Å². The number of aromatic amines is 1. The van der Waals surface area contributed by atoms with E-state index >= 15 is 0 Å². The second-order valence-corrected chi connectivity index (χ2v) is 6.63. The number of H-pyrrole nitrogens is 1. The molecule has 0 saturated heterocycles. The van der Waals surface area contributed by atoms with Gasteiger partial charge >= 0.3 is 0 Å². The van der Waals surface area contributed by atoms with Gasteiger partial charge in [0.2, 0.25) is 0 Å². The van der Waals surface area contributed by atoms with E-state index in [2.05, 4.69) is 10.2 Å². The van der Waals surface area contributed by atoms with Crippen molar-refractivity contribution in [1.29, 1.82) is 0 Å². The third-order valence-electron chi connectivity index (χ3n) is 4.99. The summed E-state index contributed by atoms with van der Waals surface area (Å²) < 4.78 is 10.9. The highest BCUT2D eigenvalue weighted by Crippen LogP contribution is 2.45. The first-order valence-electron chi connectivity index (χ1n) is 8.72. The topological polar surface area (TPSA) is 67.5 Å². The molecule has 1 amide bonds. The minimum Gasteiger partial charge on any atom is -0.497 e. The number of benzene rings is 2. The Morgan fingerprint density at radius 2 is 1.78 bits per heavy atom. The zero-order chi connectivity index (χ0) is 19.1. The van der Waals surface area contributed by atoms with Crippen molar-refractivity contribution in [3.8, 4) is 11.5 Å². The summed E-state index contributed by atoms with van der Waals surface area (Å²) in [6, 6.07) is 13.3. The van der Waals surface area contributed by atoms with Crippen LogP contribution >= 0.6 is 0 Å². The number of carbonyl (C=O) groups is 1. The summed E-state index contributed by atoms with van der Waals surface area (Å²) in [5.41, 5.74) is 5.05. The van der Waals surface area contributed by atoms with Gasteiger partial charge in [-0.25, -0.2) is 0 Å². The van der Waals surface area contributed by atoms with E-state index in [-0.39, 0.29) is 11.9 Å². The average molecular weight is 363 g/mol. The fraction of sp³-hybridized carbons (Fsp3) is 0.238. The quantitative estimate of drug-likeness (QED) is 0.766. The molecule has 0 unspecified atom stereocenters. The number of nitrogens with one attached hydrogen (secondary N) is 1. The third-order valence-corrected chi connectivity index (χ3v) is 4.99. The second-order valence-electron chi connectivity index (χ2n) is 6.63. The van der Waals surface area contributed by atoms with Crippen LogP contribution in [0.5, 0.6) is 11.5 Å². The maximum absolute atomic E-state index is 13.2. The van der Waals surface area contributed by atoms with E-state index in [1.807, 2.05) is 56.3 Å². The molecule has 0 fully saturated rings. The first kappa shape index (κ1) is 17.1. The Labute approximate surface area is 157 Å². The molecule has 0 aliphatic carbocycles. The molecule has 27 heavy (non-hydrogen) atoms. The Balaban J connectivity index is 1.92. The Morgan fingerprint density at radius 1 is 1.04 bits per heavy atom. The van der Waals surface area contributed by atoms with Crippen LogP contribution in [-0.4, -0.2) is 30.3 Å². The number of ether oxygens (including phenoxy) is 2. The van der Waals surface area contributed by atoms with Gasteiger partial charge in [0, 0.05) is 28.6 Å². The molecule has 1 N–H and O–H groups in total. The molecule has 0 bridgehead atoms. The van der Waals surface area contributed by atoms with Gasteiger partial charge in [-0.2, -0.15) is 5.10 Å². The largest absolute Gasteiger partial charge is 0.497 e. The molecule has 138 valence electrons. The second kappa shape index (κ2) is 6.46. The maximum Gasteiger partial charge on any atom is 0.280 e. The van der Waals surface area contributed by atoms with Crippen LogP contribution in [0.4, 0.5) is 5.69 Å². The molecular weight excluding hydrogens is 342 g/mol. The number of aromatic nitrogens is 2. The van der Waals surface area contributed by atoms with Gasteiger partial charge in [0.1, 0.15) is 11.5 Å². The van der Waals surface area contributed by atoms with Crippen LogP contribution in [-0.2, 0) is 0 Å². The molecule has 0 spiro atoms. The average Bonchev–Trinajstić information content (AvgIpc) is 3.20. The summed E-state index contributed by atoms with van der Waals surface area (Å²) in [6.45, 7) is 3.95. The number of nitrogens with zero attached hydrogens (tertiary/aromatic N) is 2. The minimum atomic E-state index is -0.324. The number of methoxy groups -OCH3 is 2. The van der Waals surface area contributed by atoms with Gasteiger partial charge in [-0.05, 0) is 38.1 Å². The third kappa shape index (κ3) is 2.65. The minimum absolute atomic E-state index is 0.124. The Hall–Kier alpha value is -3.28. The number of hydrogen-bond acceptors (Lipinski definition) is 4. The van der Waals surface area contributed by atoms with Crippen LogP contribution in [0.1, 0.15) is 38.9 Å². The van der Waals surface area contributed by atoms with Crippen molar-refractivity contribution in [2.75, 3.05) is 19.1 Å². The first-order chi connectivity index (χ1) is 13.0. The Bertz CT molecular complexity index is 1010. The predicted octanol–water partition coefficient (Wildman–Crippen LogP) is 3.79. The number of anilines is 1. The van der Waals surface area contributed by atoms with Crippen molar-refractivity contribution in [1.82, 2.24) is 10.2 Å². The van der Waals surface area contributed by atoms with Gasteiger partial charge in [0.05, 0.1) is 20.3 Å². The SMILES string of the molecule is COc1ccc([C@@H]2c3c(n[nH]c3C)C(=O)N2c2ccc(C)cc2)c(OC)c1. The number of hydrogen-bond donors (Lipinski definition) is 1.